The number of thioether (sulfide) groups is 1. The lowest BCUT2D eigenvalue weighted by Gasteiger charge is -2.12. The van der Waals surface area contributed by atoms with Crippen LogP contribution in [0.2, 0.25) is 0 Å². The summed E-state index contributed by atoms with van der Waals surface area (Å²) in [5.41, 5.74) is 2.18. The quantitative estimate of drug-likeness (QED) is 0.401. The fourth-order valence-electron chi connectivity index (χ4n) is 3.58. The predicted octanol–water partition coefficient (Wildman–Crippen LogP) is 4.20. The fourth-order valence-corrected chi connectivity index (χ4v) is 4.41. The zero-order valence-electron chi connectivity index (χ0n) is 18.7. The summed E-state index contributed by atoms with van der Waals surface area (Å²) in [6, 6.07) is 21.0. The molecule has 0 unspecified atom stereocenters. The maximum atomic E-state index is 12.9. The molecule has 0 aliphatic carbocycles. The van der Waals surface area contributed by atoms with E-state index in [4.69, 9.17) is 0 Å². The van der Waals surface area contributed by atoms with Gasteiger partial charge in [-0.2, -0.15) is 5.10 Å². The van der Waals surface area contributed by atoms with E-state index < -0.39 is 0 Å². The number of pyridine rings is 1. The van der Waals surface area contributed by atoms with Crippen LogP contribution in [0.15, 0.2) is 82.6 Å². The van der Waals surface area contributed by atoms with Crippen molar-refractivity contribution in [2.75, 3.05) is 0 Å². The molecule has 0 atom stereocenters. The van der Waals surface area contributed by atoms with Crippen LogP contribution in [0.4, 0.5) is 0 Å². The molecule has 0 fully saturated rings. The van der Waals surface area contributed by atoms with E-state index in [2.05, 4.69) is 41.4 Å². The van der Waals surface area contributed by atoms with Gasteiger partial charge in [0.15, 0.2) is 0 Å². The highest BCUT2D eigenvalue weighted by Gasteiger charge is 2.12. The van der Waals surface area contributed by atoms with Crippen LogP contribution >= 0.6 is 11.8 Å². The van der Waals surface area contributed by atoms with E-state index in [1.807, 2.05) is 48.5 Å². The van der Waals surface area contributed by atoms with Crippen molar-refractivity contribution < 1.29 is 4.79 Å². The van der Waals surface area contributed by atoms with E-state index in [0.717, 1.165) is 16.6 Å². The molecule has 0 spiro atoms. The monoisotopic (exact) mass is 458 g/mol. The summed E-state index contributed by atoms with van der Waals surface area (Å²) in [4.78, 5) is 31.0. The average molecular weight is 459 g/mol. The lowest BCUT2D eigenvalue weighted by Crippen LogP contribution is -2.29. The maximum Gasteiger partial charge on any atom is 0.275 e. The second kappa shape index (κ2) is 10.4. The number of benzene rings is 2. The number of hydrogen-bond donors (Lipinski definition) is 1. The van der Waals surface area contributed by atoms with Gasteiger partial charge in [-0.05, 0) is 35.9 Å². The molecule has 2 heterocycles. The third-order valence-corrected chi connectivity index (χ3v) is 6.11. The number of rotatable bonds is 8. The molecule has 1 amide bonds. The Labute approximate surface area is 197 Å². The molecular formula is C26H26N4O2S. The number of nitrogens with one attached hydrogen (secondary N) is 1. The van der Waals surface area contributed by atoms with Crippen LogP contribution in [-0.2, 0) is 24.3 Å². The third-order valence-electron chi connectivity index (χ3n) is 5.09. The Kier molecular flexibility index (Phi) is 7.19. The van der Waals surface area contributed by atoms with Crippen molar-refractivity contribution in [1.29, 1.82) is 0 Å². The lowest BCUT2D eigenvalue weighted by atomic mass is 10.1. The number of carbonyl (C=O) groups excluding carboxylic acids is 1. The molecule has 2 aromatic carbocycles. The van der Waals surface area contributed by atoms with E-state index in [-0.39, 0.29) is 31.0 Å². The first-order valence-corrected chi connectivity index (χ1v) is 11.8. The van der Waals surface area contributed by atoms with Crippen LogP contribution in [0.25, 0.3) is 10.8 Å². The number of amides is 1. The molecule has 1 N–H and O–H groups in total. The molecule has 0 saturated carbocycles. The largest absolute Gasteiger partial charge is 0.350 e. The topological polar surface area (TPSA) is 76.9 Å². The van der Waals surface area contributed by atoms with E-state index in [0.29, 0.717) is 16.3 Å². The molecule has 6 nitrogen and oxygen atoms in total. The van der Waals surface area contributed by atoms with Crippen molar-refractivity contribution in [3.8, 4) is 0 Å². The van der Waals surface area contributed by atoms with E-state index in [9.17, 15) is 9.59 Å². The van der Waals surface area contributed by atoms with E-state index >= 15 is 0 Å². The molecule has 0 saturated heterocycles. The van der Waals surface area contributed by atoms with Gasteiger partial charge in [0.1, 0.15) is 0 Å². The van der Waals surface area contributed by atoms with Crippen molar-refractivity contribution in [2.24, 2.45) is 0 Å². The van der Waals surface area contributed by atoms with Gasteiger partial charge in [-0.25, -0.2) is 4.68 Å². The molecule has 0 aliphatic heterocycles. The summed E-state index contributed by atoms with van der Waals surface area (Å²) in [7, 11) is 0. The molecule has 0 radical (unpaired) electrons. The van der Waals surface area contributed by atoms with Gasteiger partial charge in [0.25, 0.3) is 5.56 Å². The summed E-state index contributed by atoms with van der Waals surface area (Å²) in [6.07, 6.45) is 1.98. The molecule has 0 bridgehead atoms. The van der Waals surface area contributed by atoms with Crippen LogP contribution in [0.3, 0.4) is 0 Å². The Hall–Kier alpha value is -3.45. The normalized spacial score (nSPS) is 11.1. The Bertz CT molecular complexity index is 1300. The predicted molar refractivity (Wildman–Crippen MR) is 132 cm³/mol. The smallest absolute Gasteiger partial charge is 0.275 e. The zero-order valence-corrected chi connectivity index (χ0v) is 19.5. The summed E-state index contributed by atoms with van der Waals surface area (Å²) in [6.45, 7) is 4.82. The summed E-state index contributed by atoms with van der Waals surface area (Å²) < 4.78 is 1.41. The van der Waals surface area contributed by atoms with Crippen molar-refractivity contribution in [1.82, 2.24) is 20.1 Å². The SMILES string of the molecule is CC(C)Sc1ccc(CC(=O)NCc2nn(Cc3ccccn3)c(=O)c3ccccc23)cc1. The molecule has 168 valence electrons. The summed E-state index contributed by atoms with van der Waals surface area (Å²) in [5, 5.41) is 9.36. The minimum absolute atomic E-state index is 0.0902. The van der Waals surface area contributed by atoms with Gasteiger partial charge in [-0.3, -0.25) is 14.6 Å². The number of nitrogens with zero attached hydrogens (tertiary/aromatic N) is 3. The minimum Gasteiger partial charge on any atom is -0.350 e. The highest BCUT2D eigenvalue weighted by molar-refractivity contribution is 7.99. The first kappa shape index (κ1) is 22.7. The van der Waals surface area contributed by atoms with Gasteiger partial charge in [-0.15, -0.1) is 11.8 Å². The van der Waals surface area contributed by atoms with Crippen LogP contribution < -0.4 is 10.9 Å². The average Bonchev–Trinajstić information content (AvgIpc) is 2.82. The van der Waals surface area contributed by atoms with Crippen LogP contribution in [0, 0.1) is 0 Å². The second-order valence-electron chi connectivity index (χ2n) is 8.04. The van der Waals surface area contributed by atoms with Crippen molar-refractivity contribution in [3.05, 3.63) is 100 Å². The fraction of sp³-hybridized carbons (Fsp3) is 0.231. The van der Waals surface area contributed by atoms with Crippen LogP contribution in [0.1, 0.15) is 30.8 Å². The zero-order chi connectivity index (χ0) is 23.2. The van der Waals surface area contributed by atoms with Gasteiger partial charge in [0, 0.05) is 21.7 Å². The molecule has 7 heteroatoms. The highest BCUT2D eigenvalue weighted by atomic mass is 32.2. The van der Waals surface area contributed by atoms with Gasteiger partial charge >= 0.3 is 0 Å². The molecule has 4 rings (SSSR count). The Morgan fingerprint density at radius 1 is 1.00 bits per heavy atom. The standard InChI is InChI=1S/C26H26N4O2S/c1-18(2)33-21-12-10-19(11-13-21)15-25(31)28-16-24-22-8-3-4-9-23(22)26(32)30(29-24)17-20-7-5-6-14-27-20/h3-14,18H,15-17H2,1-2H3,(H,28,31). The number of aromatic nitrogens is 3. The minimum atomic E-state index is -0.175. The summed E-state index contributed by atoms with van der Waals surface area (Å²) in [5.74, 6) is -0.0902. The first-order chi connectivity index (χ1) is 16.0. The van der Waals surface area contributed by atoms with Crippen molar-refractivity contribution in [2.45, 2.75) is 43.5 Å². The Morgan fingerprint density at radius 2 is 1.73 bits per heavy atom. The van der Waals surface area contributed by atoms with Gasteiger partial charge in [0.05, 0.1) is 36.3 Å². The Balaban J connectivity index is 1.50. The molecule has 33 heavy (non-hydrogen) atoms. The number of hydrogen-bond acceptors (Lipinski definition) is 5. The third kappa shape index (κ3) is 5.87. The first-order valence-electron chi connectivity index (χ1n) is 10.9. The number of fused-ring (bicyclic) bond motifs is 1. The molecule has 0 aliphatic rings. The highest BCUT2D eigenvalue weighted by Crippen LogP contribution is 2.23. The van der Waals surface area contributed by atoms with Crippen molar-refractivity contribution in [3.63, 3.8) is 0 Å². The van der Waals surface area contributed by atoms with E-state index in [1.54, 1.807) is 24.0 Å². The molecule has 2 aromatic heterocycles. The second-order valence-corrected chi connectivity index (χ2v) is 9.69. The van der Waals surface area contributed by atoms with Gasteiger partial charge in [0.2, 0.25) is 5.91 Å². The molecule has 4 aromatic rings. The summed E-state index contributed by atoms with van der Waals surface area (Å²) >= 11 is 1.80. The molecular weight excluding hydrogens is 432 g/mol. The number of carbonyl (C=O) groups is 1. The van der Waals surface area contributed by atoms with E-state index in [1.165, 1.54) is 9.58 Å². The van der Waals surface area contributed by atoms with Gasteiger partial charge < -0.3 is 5.32 Å². The van der Waals surface area contributed by atoms with Crippen molar-refractivity contribution >= 4 is 28.4 Å². The Morgan fingerprint density at radius 3 is 2.42 bits per heavy atom. The maximum absolute atomic E-state index is 12.9. The van der Waals surface area contributed by atoms with Gasteiger partial charge in [-0.1, -0.05) is 50.2 Å². The lowest BCUT2D eigenvalue weighted by molar-refractivity contribution is -0.120. The van der Waals surface area contributed by atoms with Crippen LogP contribution in [-0.4, -0.2) is 25.9 Å². The van der Waals surface area contributed by atoms with Crippen LogP contribution in [0.5, 0.6) is 0 Å².